The molecule has 0 saturated heterocycles. The summed E-state index contributed by atoms with van der Waals surface area (Å²) in [7, 11) is 1.29. The number of hydrogen-bond donors (Lipinski definition) is 0. The Balaban J connectivity index is 2.41. The highest BCUT2D eigenvalue weighted by atomic mass is 16.5. The van der Waals surface area contributed by atoms with Gasteiger partial charge in [0.15, 0.2) is 0 Å². The summed E-state index contributed by atoms with van der Waals surface area (Å²) in [6, 6.07) is 4.86. The molecule has 0 radical (unpaired) electrons. The van der Waals surface area contributed by atoms with Gasteiger partial charge in [-0.2, -0.15) is 0 Å². The normalized spacial score (nSPS) is 15.3. The third-order valence-corrected chi connectivity index (χ3v) is 2.84. The van der Waals surface area contributed by atoms with Gasteiger partial charge >= 0.3 is 5.91 Å². The highest BCUT2D eigenvalue weighted by molar-refractivity contribution is 6.22. The van der Waals surface area contributed by atoms with Crippen LogP contribution in [0.5, 0.6) is 0 Å². The molecule has 0 aromatic heterocycles. The van der Waals surface area contributed by atoms with Crippen LogP contribution in [0, 0.1) is 4.91 Å². The minimum Gasteiger partial charge on any atom is -0.382 e. The average molecular weight is 262 g/mol. The minimum atomic E-state index is -1.32. The lowest BCUT2D eigenvalue weighted by Gasteiger charge is -2.21. The second kappa shape index (κ2) is 5.07. The summed E-state index contributed by atoms with van der Waals surface area (Å²) in [6.45, 7) is -0.268. The molecular weight excluding hydrogens is 252 g/mol. The van der Waals surface area contributed by atoms with E-state index >= 15 is 0 Å². The summed E-state index contributed by atoms with van der Waals surface area (Å²) in [4.78, 5) is 46.7. The monoisotopic (exact) mass is 262 g/mol. The Morgan fingerprint density at radius 2 is 1.79 bits per heavy atom. The molecule has 98 valence electrons. The first-order valence-corrected chi connectivity index (χ1v) is 5.45. The fourth-order valence-electron chi connectivity index (χ4n) is 1.97. The molecule has 0 spiro atoms. The molecule has 0 saturated carbocycles. The van der Waals surface area contributed by atoms with Crippen molar-refractivity contribution in [2.24, 2.45) is 5.18 Å². The predicted octanol–water partition coefficient (Wildman–Crippen LogP) is 0.591. The number of hydrogen-bond acceptors (Lipinski definition) is 5. The van der Waals surface area contributed by atoms with Crippen molar-refractivity contribution >= 4 is 17.7 Å². The molecule has 1 aromatic rings. The zero-order valence-electron chi connectivity index (χ0n) is 10.0. The molecule has 1 atom stereocenters. The topological polar surface area (TPSA) is 93.1 Å². The van der Waals surface area contributed by atoms with Crippen LogP contribution in [0.4, 0.5) is 0 Å². The van der Waals surface area contributed by atoms with E-state index in [9.17, 15) is 19.3 Å². The molecule has 0 N–H and O–H groups in total. The van der Waals surface area contributed by atoms with Gasteiger partial charge in [-0.15, -0.1) is 4.91 Å². The van der Waals surface area contributed by atoms with Crippen molar-refractivity contribution in [3.63, 3.8) is 0 Å². The molecule has 1 heterocycles. The maximum atomic E-state index is 12.1. The maximum absolute atomic E-state index is 12.1. The van der Waals surface area contributed by atoms with Gasteiger partial charge in [0.25, 0.3) is 11.8 Å². The van der Waals surface area contributed by atoms with Crippen molar-refractivity contribution in [1.29, 1.82) is 0 Å². The van der Waals surface area contributed by atoms with Gasteiger partial charge in [-0.05, 0) is 12.1 Å². The van der Waals surface area contributed by atoms with Crippen molar-refractivity contribution in [3.05, 3.63) is 40.3 Å². The Bertz CT molecular complexity index is 534. The van der Waals surface area contributed by atoms with E-state index in [1.165, 1.54) is 19.2 Å². The molecule has 3 amide bonds. The standard InChI is InChI=1S/C12H10N2O5/c1-19-6-9(10(15)13-18)14-11(16)7-4-2-3-5-8(7)12(14)17/h2-5,9H,6H2,1H3/t9-/m1/s1. The van der Waals surface area contributed by atoms with Gasteiger partial charge in [0, 0.05) is 12.3 Å². The number of nitrogens with zero attached hydrogens (tertiary/aromatic N) is 2. The summed E-state index contributed by atoms with van der Waals surface area (Å²) in [5.41, 5.74) is 0.402. The highest BCUT2D eigenvalue weighted by Gasteiger charge is 2.43. The highest BCUT2D eigenvalue weighted by Crippen LogP contribution is 2.25. The number of carbonyl (C=O) groups excluding carboxylic acids is 3. The molecule has 0 fully saturated rings. The predicted molar refractivity (Wildman–Crippen MR) is 63.4 cm³/mol. The fourth-order valence-corrected chi connectivity index (χ4v) is 1.97. The molecule has 0 bridgehead atoms. The van der Waals surface area contributed by atoms with E-state index in [2.05, 4.69) is 5.18 Å². The van der Waals surface area contributed by atoms with E-state index in [1.807, 2.05) is 0 Å². The van der Waals surface area contributed by atoms with Crippen LogP contribution in [-0.4, -0.2) is 42.4 Å². The quantitative estimate of drug-likeness (QED) is 0.584. The number of imide groups is 1. The van der Waals surface area contributed by atoms with Crippen LogP contribution in [0.2, 0.25) is 0 Å². The van der Waals surface area contributed by atoms with Gasteiger partial charge < -0.3 is 4.74 Å². The summed E-state index contributed by atoms with van der Waals surface area (Å²) in [6.07, 6.45) is 0. The van der Waals surface area contributed by atoms with E-state index in [-0.39, 0.29) is 17.7 Å². The Morgan fingerprint density at radius 3 is 2.21 bits per heavy atom. The number of rotatable bonds is 4. The summed E-state index contributed by atoms with van der Waals surface area (Å²) < 4.78 is 4.77. The largest absolute Gasteiger partial charge is 0.382 e. The molecule has 1 aliphatic heterocycles. The van der Waals surface area contributed by atoms with E-state index in [0.29, 0.717) is 0 Å². The Labute approximate surface area is 108 Å². The summed E-state index contributed by atoms with van der Waals surface area (Å²) in [5.74, 6) is -2.37. The molecule has 7 heteroatoms. The van der Waals surface area contributed by atoms with Gasteiger partial charge in [-0.1, -0.05) is 12.1 Å². The average Bonchev–Trinajstić information content (AvgIpc) is 2.68. The number of methoxy groups -OCH3 is 1. The first-order valence-electron chi connectivity index (χ1n) is 5.45. The Kier molecular flexibility index (Phi) is 3.48. The first kappa shape index (κ1) is 13.0. The number of benzene rings is 1. The maximum Gasteiger partial charge on any atom is 0.311 e. The number of amides is 3. The van der Waals surface area contributed by atoms with Crippen LogP contribution in [0.1, 0.15) is 20.7 Å². The van der Waals surface area contributed by atoms with Crippen LogP contribution in [-0.2, 0) is 9.53 Å². The number of fused-ring (bicyclic) bond motifs is 1. The van der Waals surface area contributed by atoms with Gasteiger partial charge in [-0.3, -0.25) is 19.3 Å². The van der Waals surface area contributed by atoms with E-state index in [0.717, 1.165) is 4.90 Å². The first-order chi connectivity index (χ1) is 9.11. The zero-order chi connectivity index (χ0) is 14.0. The molecule has 19 heavy (non-hydrogen) atoms. The van der Waals surface area contributed by atoms with Crippen LogP contribution < -0.4 is 0 Å². The third kappa shape index (κ3) is 2.04. The molecule has 7 nitrogen and oxygen atoms in total. The Hall–Kier alpha value is -2.41. The van der Waals surface area contributed by atoms with Crippen LogP contribution in [0.15, 0.2) is 29.4 Å². The van der Waals surface area contributed by atoms with Gasteiger partial charge in [0.2, 0.25) is 0 Å². The van der Waals surface area contributed by atoms with Crippen molar-refractivity contribution in [3.8, 4) is 0 Å². The van der Waals surface area contributed by atoms with Crippen LogP contribution in [0.3, 0.4) is 0 Å². The van der Waals surface area contributed by atoms with E-state index in [4.69, 9.17) is 4.74 Å². The van der Waals surface area contributed by atoms with Gasteiger partial charge in [0.05, 0.1) is 17.7 Å². The fraction of sp³-hybridized carbons (Fsp3) is 0.250. The summed E-state index contributed by atoms with van der Waals surface area (Å²) in [5, 5.41) is 2.27. The Morgan fingerprint density at radius 1 is 1.26 bits per heavy atom. The van der Waals surface area contributed by atoms with Crippen molar-refractivity contribution < 1.29 is 19.1 Å². The molecule has 1 aliphatic rings. The smallest absolute Gasteiger partial charge is 0.311 e. The van der Waals surface area contributed by atoms with Crippen LogP contribution in [0.25, 0.3) is 0 Å². The number of ether oxygens (including phenoxy) is 1. The van der Waals surface area contributed by atoms with Crippen LogP contribution >= 0.6 is 0 Å². The molecular formula is C12H10N2O5. The lowest BCUT2D eigenvalue weighted by atomic mass is 10.1. The molecule has 0 unspecified atom stereocenters. The lowest BCUT2D eigenvalue weighted by Crippen LogP contribution is -2.46. The molecule has 0 aliphatic carbocycles. The second-order valence-electron chi connectivity index (χ2n) is 3.93. The molecule has 1 aromatic carbocycles. The van der Waals surface area contributed by atoms with Crippen molar-refractivity contribution in [2.75, 3.05) is 13.7 Å². The second-order valence-corrected chi connectivity index (χ2v) is 3.93. The van der Waals surface area contributed by atoms with Crippen molar-refractivity contribution in [1.82, 2.24) is 4.90 Å². The van der Waals surface area contributed by atoms with E-state index in [1.54, 1.807) is 12.1 Å². The lowest BCUT2D eigenvalue weighted by molar-refractivity contribution is -0.123. The number of carbonyl (C=O) groups is 3. The SMILES string of the molecule is COC[C@H](C(=O)N=O)N1C(=O)c2ccccc2C1=O. The number of nitroso groups, excluding NO2 is 1. The third-order valence-electron chi connectivity index (χ3n) is 2.84. The van der Waals surface area contributed by atoms with Gasteiger partial charge in [-0.25, -0.2) is 0 Å². The van der Waals surface area contributed by atoms with E-state index < -0.39 is 23.8 Å². The summed E-state index contributed by atoms with van der Waals surface area (Å²) >= 11 is 0. The van der Waals surface area contributed by atoms with Crippen molar-refractivity contribution in [2.45, 2.75) is 6.04 Å². The van der Waals surface area contributed by atoms with Gasteiger partial charge in [0.1, 0.15) is 6.04 Å². The zero-order valence-corrected chi connectivity index (χ0v) is 10.0. The molecule has 2 rings (SSSR count). The minimum absolute atomic E-state index is 0.201.